The van der Waals surface area contributed by atoms with Crippen molar-refractivity contribution in [1.82, 2.24) is 9.55 Å². The van der Waals surface area contributed by atoms with Crippen LogP contribution in [0, 0.1) is 0 Å². The number of aromatic nitrogens is 2. The number of benzene rings is 1. The molecule has 0 fully saturated rings. The van der Waals surface area contributed by atoms with Gasteiger partial charge < -0.3 is 10.7 Å². The predicted octanol–water partition coefficient (Wildman–Crippen LogP) is 0.377. The lowest BCUT2D eigenvalue weighted by Crippen LogP contribution is -2.26. The molecule has 84 valence electrons. The van der Waals surface area contributed by atoms with Gasteiger partial charge >= 0.3 is 5.69 Å². The van der Waals surface area contributed by atoms with Gasteiger partial charge in [0.1, 0.15) is 6.54 Å². The number of aromatic amines is 1. The SMILES string of the molecule is CCc1cccc2c1[nH]c(=O)n2CC(N)=O. The van der Waals surface area contributed by atoms with Gasteiger partial charge in [0.25, 0.3) is 0 Å². The Morgan fingerprint density at radius 2 is 2.25 bits per heavy atom. The molecule has 0 radical (unpaired) electrons. The summed E-state index contributed by atoms with van der Waals surface area (Å²) in [5.74, 6) is -0.523. The average molecular weight is 219 g/mol. The van der Waals surface area contributed by atoms with Crippen LogP contribution < -0.4 is 11.4 Å². The molecule has 1 aromatic carbocycles. The molecule has 2 rings (SSSR count). The van der Waals surface area contributed by atoms with Crippen LogP contribution in [0.5, 0.6) is 0 Å². The van der Waals surface area contributed by atoms with Gasteiger partial charge in [0.05, 0.1) is 11.0 Å². The number of carbonyl (C=O) groups is 1. The summed E-state index contributed by atoms with van der Waals surface area (Å²) in [6.45, 7) is 1.92. The Morgan fingerprint density at radius 1 is 1.50 bits per heavy atom. The van der Waals surface area contributed by atoms with Gasteiger partial charge in [-0.15, -0.1) is 0 Å². The first-order valence-corrected chi connectivity index (χ1v) is 5.12. The van der Waals surface area contributed by atoms with Crippen LogP contribution in [0.3, 0.4) is 0 Å². The number of H-pyrrole nitrogens is 1. The van der Waals surface area contributed by atoms with Crippen LogP contribution in [0.2, 0.25) is 0 Å². The average Bonchev–Trinajstić information content (AvgIpc) is 2.55. The molecule has 0 spiro atoms. The fourth-order valence-electron chi connectivity index (χ4n) is 1.85. The molecule has 3 N–H and O–H groups in total. The molecule has 0 aliphatic carbocycles. The largest absolute Gasteiger partial charge is 0.368 e. The van der Waals surface area contributed by atoms with Crippen LogP contribution in [0.15, 0.2) is 23.0 Å². The van der Waals surface area contributed by atoms with E-state index >= 15 is 0 Å². The molecule has 5 nitrogen and oxygen atoms in total. The lowest BCUT2D eigenvalue weighted by molar-refractivity contribution is -0.118. The maximum atomic E-state index is 11.6. The molecular weight excluding hydrogens is 206 g/mol. The predicted molar refractivity (Wildman–Crippen MR) is 61.1 cm³/mol. The zero-order valence-corrected chi connectivity index (χ0v) is 8.99. The minimum Gasteiger partial charge on any atom is -0.368 e. The summed E-state index contributed by atoms with van der Waals surface area (Å²) in [5.41, 5.74) is 7.37. The van der Waals surface area contributed by atoms with E-state index in [-0.39, 0.29) is 12.2 Å². The van der Waals surface area contributed by atoms with Crippen molar-refractivity contribution in [2.24, 2.45) is 5.73 Å². The number of rotatable bonds is 3. The highest BCUT2D eigenvalue weighted by molar-refractivity contribution is 5.81. The Kier molecular flexibility index (Phi) is 2.52. The Hall–Kier alpha value is -2.04. The number of nitrogens with zero attached hydrogens (tertiary/aromatic N) is 1. The number of hydrogen-bond donors (Lipinski definition) is 2. The molecule has 1 amide bonds. The maximum absolute atomic E-state index is 11.6. The number of imidazole rings is 1. The second kappa shape index (κ2) is 3.84. The molecule has 0 saturated heterocycles. The summed E-state index contributed by atoms with van der Waals surface area (Å²) < 4.78 is 1.36. The van der Waals surface area contributed by atoms with Crippen LogP contribution in [-0.2, 0) is 17.8 Å². The molecule has 0 unspecified atom stereocenters. The molecule has 0 atom stereocenters. The smallest absolute Gasteiger partial charge is 0.326 e. The third kappa shape index (κ3) is 1.60. The van der Waals surface area contributed by atoms with Gasteiger partial charge in [-0.3, -0.25) is 9.36 Å². The van der Waals surface area contributed by atoms with Crippen molar-refractivity contribution in [2.75, 3.05) is 0 Å². The first-order chi connectivity index (χ1) is 7.63. The standard InChI is InChI=1S/C11H13N3O2/c1-2-7-4-3-5-8-10(7)13-11(16)14(8)6-9(12)15/h3-5H,2,6H2,1H3,(H2,12,15)(H,13,16). The van der Waals surface area contributed by atoms with E-state index in [9.17, 15) is 9.59 Å². The number of fused-ring (bicyclic) bond motifs is 1. The van der Waals surface area contributed by atoms with Gasteiger partial charge in [-0.25, -0.2) is 4.79 Å². The summed E-state index contributed by atoms with van der Waals surface area (Å²) >= 11 is 0. The number of primary amides is 1. The quantitative estimate of drug-likeness (QED) is 0.782. The number of para-hydroxylation sites is 1. The first-order valence-electron chi connectivity index (χ1n) is 5.12. The number of nitrogens with two attached hydrogens (primary N) is 1. The van der Waals surface area contributed by atoms with E-state index in [1.165, 1.54) is 4.57 Å². The lowest BCUT2D eigenvalue weighted by atomic mass is 10.1. The van der Waals surface area contributed by atoms with Crippen LogP contribution in [0.25, 0.3) is 11.0 Å². The van der Waals surface area contributed by atoms with E-state index in [0.29, 0.717) is 0 Å². The van der Waals surface area contributed by atoms with E-state index in [0.717, 1.165) is 23.0 Å². The van der Waals surface area contributed by atoms with Gasteiger partial charge in [0, 0.05) is 0 Å². The van der Waals surface area contributed by atoms with Crippen LogP contribution in [0.4, 0.5) is 0 Å². The lowest BCUT2D eigenvalue weighted by Gasteiger charge is -2.01. The van der Waals surface area contributed by atoms with Crippen molar-refractivity contribution in [2.45, 2.75) is 19.9 Å². The fraction of sp³-hybridized carbons (Fsp3) is 0.273. The van der Waals surface area contributed by atoms with Gasteiger partial charge in [-0.1, -0.05) is 19.1 Å². The zero-order valence-electron chi connectivity index (χ0n) is 8.99. The minimum atomic E-state index is -0.523. The van der Waals surface area contributed by atoms with E-state index in [1.54, 1.807) is 6.07 Å². The summed E-state index contributed by atoms with van der Waals surface area (Å²) in [5, 5.41) is 0. The van der Waals surface area contributed by atoms with Crippen molar-refractivity contribution in [3.63, 3.8) is 0 Å². The van der Waals surface area contributed by atoms with E-state index in [1.807, 2.05) is 19.1 Å². The Balaban J connectivity index is 2.71. The van der Waals surface area contributed by atoms with E-state index in [4.69, 9.17) is 5.73 Å². The van der Waals surface area contributed by atoms with E-state index in [2.05, 4.69) is 4.98 Å². The third-order valence-electron chi connectivity index (χ3n) is 2.59. The van der Waals surface area contributed by atoms with Crippen LogP contribution in [0.1, 0.15) is 12.5 Å². The third-order valence-corrected chi connectivity index (χ3v) is 2.59. The summed E-state index contributed by atoms with van der Waals surface area (Å²) in [6, 6.07) is 5.62. The molecule has 0 aliphatic rings. The van der Waals surface area contributed by atoms with Crippen molar-refractivity contribution >= 4 is 16.9 Å². The number of carbonyl (C=O) groups excluding carboxylic acids is 1. The number of amides is 1. The second-order valence-corrected chi connectivity index (χ2v) is 3.65. The summed E-state index contributed by atoms with van der Waals surface area (Å²) in [7, 11) is 0. The highest BCUT2D eigenvalue weighted by Gasteiger charge is 2.10. The normalized spacial score (nSPS) is 10.8. The second-order valence-electron chi connectivity index (χ2n) is 3.65. The van der Waals surface area contributed by atoms with Crippen molar-refractivity contribution in [3.8, 4) is 0 Å². The molecule has 16 heavy (non-hydrogen) atoms. The Morgan fingerprint density at radius 3 is 2.88 bits per heavy atom. The molecule has 0 aliphatic heterocycles. The van der Waals surface area contributed by atoms with Crippen LogP contribution in [-0.4, -0.2) is 15.5 Å². The number of aryl methyl sites for hydroxylation is 1. The zero-order chi connectivity index (χ0) is 11.7. The summed E-state index contributed by atoms with van der Waals surface area (Å²) in [6.07, 6.45) is 0.827. The maximum Gasteiger partial charge on any atom is 0.326 e. The molecule has 1 aromatic heterocycles. The highest BCUT2D eigenvalue weighted by Crippen LogP contribution is 2.15. The van der Waals surface area contributed by atoms with E-state index < -0.39 is 5.91 Å². The van der Waals surface area contributed by atoms with Crippen molar-refractivity contribution in [1.29, 1.82) is 0 Å². The molecular formula is C11H13N3O2. The first kappa shape index (κ1) is 10.5. The monoisotopic (exact) mass is 219 g/mol. The van der Waals surface area contributed by atoms with Crippen LogP contribution >= 0.6 is 0 Å². The Labute approximate surface area is 91.9 Å². The number of hydrogen-bond acceptors (Lipinski definition) is 2. The topological polar surface area (TPSA) is 80.9 Å². The molecule has 5 heteroatoms. The van der Waals surface area contributed by atoms with Crippen molar-refractivity contribution in [3.05, 3.63) is 34.2 Å². The Bertz CT molecular complexity index is 595. The van der Waals surface area contributed by atoms with Gasteiger partial charge in [-0.2, -0.15) is 0 Å². The summed E-state index contributed by atoms with van der Waals surface area (Å²) in [4.78, 5) is 25.3. The molecule has 2 aromatic rings. The fourth-order valence-corrected chi connectivity index (χ4v) is 1.85. The highest BCUT2D eigenvalue weighted by atomic mass is 16.2. The van der Waals surface area contributed by atoms with Gasteiger partial charge in [0.2, 0.25) is 5.91 Å². The van der Waals surface area contributed by atoms with Crippen molar-refractivity contribution < 1.29 is 4.79 Å². The van der Waals surface area contributed by atoms with Gasteiger partial charge in [-0.05, 0) is 18.1 Å². The minimum absolute atomic E-state index is 0.0913. The molecule has 1 heterocycles. The number of nitrogens with one attached hydrogen (secondary N) is 1. The molecule has 0 saturated carbocycles. The van der Waals surface area contributed by atoms with Gasteiger partial charge in [0.15, 0.2) is 0 Å². The molecule has 0 bridgehead atoms.